The van der Waals surface area contributed by atoms with Crippen LogP contribution in [-0.4, -0.2) is 28.3 Å². The van der Waals surface area contributed by atoms with Crippen LogP contribution in [0.15, 0.2) is 28.3 Å². The van der Waals surface area contributed by atoms with E-state index in [9.17, 15) is 4.79 Å². The maximum Gasteiger partial charge on any atom is 0.261 e. The molecule has 6 heteroatoms. The van der Waals surface area contributed by atoms with Gasteiger partial charge in [0.2, 0.25) is 0 Å². The Balaban J connectivity index is 2.84. The maximum atomic E-state index is 11.9. The molecule has 0 amide bonds. The van der Waals surface area contributed by atoms with Gasteiger partial charge in [-0.05, 0) is 26.0 Å². The molecule has 0 aromatic carbocycles. The second-order valence-electron chi connectivity index (χ2n) is 3.83. The van der Waals surface area contributed by atoms with Gasteiger partial charge in [0, 0.05) is 12.7 Å². The van der Waals surface area contributed by atoms with Gasteiger partial charge in [0.15, 0.2) is 5.84 Å². The predicted octanol–water partition coefficient (Wildman–Crippen LogP) is 0.368. The summed E-state index contributed by atoms with van der Waals surface area (Å²) in [5.74, 6) is -0.186. The number of rotatable bonds is 5. The van der Waals surface area contributed by atoms with Crippen LogP contribution >= 0.6 is 0 Å². The van der Waals surface area contributed by atoms with Gasteiger partial charge in [-0.1, -0.05) is 5.16 Å². The van der Waals surface area contributed by atoms with Crippen molar-refractivity contribution in [2.75, 3.05) is 6.61 Å². The van der Waals surface area contributed by atoms with E-state index in [2.05, 4.69) is 5.16 Å². The van der Waals surface area contributed by atoms with Crippen LogP contribution in [0.25, 0.3) is 0 Å². The van der Waals surface area contributed by atoms with Crippen LogP contribution in [0.4, 0.5) is 0 Å². The van der Waals surface area contributed by atoms with Crippen molar-refractivity contribution < 1.29 is 9.94 Å². The van der Waals surface area contributed by atoms with Gasteiger partial charge in [-0.2, -0.15) is 0 Å². The molecule has 0 atom stereocenters. The van der Waals surface area contributed by atoms with Crippen molar-refractivity contribution in [1.29, 1.82) is 0 Å². The maximum absolute atomic E-state index is 11.9. The molecule has 0 unspecified atom stereocenters. The molecule has 17 heavy (non-hydrogen) atoms. The molecule has 0 saturated carbocycles. The highest BCUT2D eigenvalue weighted by Gasteiger charge is 2.07. The number of amidine groups is 1. The van der Waals surface area contributed by atoms with Crippen LogP contribution in [-0.2, 0) is 11.3 Å². The number of oxime groups is 1. The molecule has 0 saturated heterocycles. The second-order valence-corrected chi connectivity index (χ2v) is 3.83. The monoisotopic (exact) mass is 239 g/mol. The Morgan fingerprint density at radius 1 is 1.65 bits per heavy atom. The molecule has 94 valence electrons. The summed E-state index contributed by atoms with van der Waals surface area (Å²) in [5, 5.41) is 11.4. The molecule has 0 spiro atoms. The van der Waals surface area contributed by atoms with Gasteiger partial charge in [-0.3, -0.25) is 4.79 Å². The number of aromatic nitrogens is 1. The van der Waals surface area contributed by atoms with E-state index in [0.717, 1.165) is 0 Å². The van der Waals surface area contributed by atoms with Gasteiger partial charge in [-0.15, -0.1) is 0 Å². The Hall–Kier alpha value is -1.82. The summed E-state index contributed by atoms with van der Waals surface area (Å²) in [7, 11) is 0. The first-order valence-corrected chi connectivity index (χ1v) is 5.35. The van der Waals surface area contributed by atoms with E-state index >= 15 is 0 Å². The zero-order chi connectivity index (χ0) is 12.8. The van der Waals surface area contributed by atoms with Crippen LogP contribution in [0.2, 0.25) is 0 Å². The fourth-order valence-corrected chi connectivity index (χ4v) is 1.35. The zero-order valence-electron chi connectivity index (χ0n) is 9.96. The molecule has 0 fully saturated rings. The normalized spacial score (nSPS) is 12.1. The summed E-state index contributed by atoms with van der Waals surface area (Å²) in [6.07, 6.45) is 1.76. The summed E-state index contributed by atoms with van der Waals surface area (Å²) in [6, 6.07) is 3.18. The van der Waals surface area contributed by atoms with Gasteiger partial charge in [0.1, 0.15) is 0 Å². The Morgan fingerprint density at radius 3 is 2.94 bits per heavy atom. The Morgan fingerprint density at radius 2 is 2.35 bits per heavy atom. The van der Waals surface area contributed by atoms with Gasteiger partial charge < -0.3 is 20.2 Å². The highest BCUT2D eigenvalue weighted by atomic mass is 16.5. The molecule has 0 radical (unpaired) electrons. The van der Waals surface area contributed by atoms with Crippen molar-refractivity contribution in [2.24, 2.45) is 10.9 Å². The van der Waals surface area contributed by atoms with Crippen molar-refractivity contribution in [2.45, 2.75) is 26.5 Å². The molecule has 0 aliphatic heterocycles. The van der Waals surface area contributed by atoms with Crippen LogP contribution < -0.4 is 11.3 Å². The van der Waals surface area contributed by atoms with Crippen molar-refractivity contribution >= 4 is 5.84 Å². The van der Waals surface area contributed by atoms with Gasteiger partial charge in [0.25, 0.3) is 5.56 Å². The van der Waals surface area contributed by atoms with E-state index in [1.165, 1.54) is 10.6 Å². The lowest BCUT2D eigenvalue weighted by Gasteiger charge is -2.10. The Kier molecular flexibility index (Phi) is 4.71. The number of nitrogens with zero attached hydrogens (tertiary/aromatic N) is 2. The minimum Gasteiger partial charge on any atom is -0.409 e. The van der Waals surface area contributed by atoms with Gasteiger partial charge in [-0.25, -0.2) is 0 Å². The molecule has 0 aliphatic rings. The van der Waals surface area contributed by atoms with Crippen molar-refractivity contribution in [3.63, 3.8) is 0 Å². The smallest absolute Gasteiger partial charge is 0.261 e. The van der Waals surface area contributed by atoms with E-state index in [1.807, 2.05) is 13.8 Å². The number of hydrogen-bond donors (Lipinski definition) is 2. The second kappa shape index (κ2) is 6.05. The van der Waals surface area contributed by atoms with E-state index in [0.29, 0.717) is 13.2 Å². The third kappa shape index (κ3) is 3.60. The lowest BCUT2D eigenvalue weighted by Crippen LogP contribution is -2.30. The van der Waals surface area contributed by atoms with E-state index < -0.39 is 0 Å². The fourth-order valence-electron chi connectivity index (χ4n) is 1.35. The first-order chi connectivity index (χ1) is 8.06. The minimum absolute atomic E-state index is 0.123. The SMILES string of the molecule is CC(C)OCCn1cccc(/C(N)=N/O)c1=O. The van der Waals surface area contributed by atoms with Crippen LogP contribution in [0.3, 0.4) is 0 Å². The summed E-state index contributed by atoms with van der Waals surface area (Å²) < 4.78 is 6.82. The number of pyridine rings is 1. The van der Waals surface area contributed by atoms with Crippen molar-refractivity contribution in [3.05, 3.63) is 34.2 Å². The van der Waals surface area contributed by atoms with E-state index in [-0.39, 0.29) is 23.1 Å². The Bertz CT molecular complexity index is 452. The number of ether oxygens (including phenoxy) is 1. The van der Waals surface area contributed by atoms with Crippen LogP contribution in [0, 0.1) is 0 Å². The molecule has 0 bridgehead atoms. The van der Waals surface area contributed by atoms with E-state index in [1.54, 1.807) is 12.3 Å². The lowest BCUT2D eigenvalue weighted by atomic mass is 10.2. The highest BCUT2D eigenvalue weighted by Crippen LogP contribution is 1.93. The number of hydrogen-bond acceptors (Lipinski definition) is 4. The Labute approximate surface area is 99.3 Å². The third-order valence-corrected chi connectivity index (χ3v) is 2.19. The quantitative estimate of drug-likeness (QED) is 0.336. The summed E-state index contributed by atoms with van der Waals surface area (Å²) >= 11 is 0. The zero-order valence-corrected chi connectivity index (χ0v) is 9.96. The first kappa shape index (κ1) is 13.2. The molecule has 6 nitrogen and oxygen atoms in total. The summed E-state index contributed by atoms with van der Waals surface area (Å²) in [5.41, 5.74) is 5.28. The molecular weight excluding hydrogens is 222 g/mol. The predicted molar refractivity (Wildman–Crippen MR) is 64.3 cm³/mol. The molecule has 1 heterocycles. The molecule has 1 rings (SSSR count). The standard InChI is InChI=1S/C11H17N3O3/c1-8(2)17-7-6-14-5-3-4-9(11(14)15)10(12)13-16/h3-5,8,16H,6-7H2,1-2H3,(H2,12,13). The first-order valence-electron chi connectivity index (χ1n) is 5.35. The van der Waals surface area contributed by atoms with Gasteiger partial charge >= 0.3 is 0 Å². The summed E-state index contributed by atoms with van der Waals surface area (Å²) in [4.78, 5) is 11.9. The summed E-state index contributed by atoms with van der Waals surface area (Å²) in [6.45, 7) is 4.73. The average Bonchev–Trinajstić information content (AvgIpc) is 2.30. The molecule has 1 aromatic heterocycles. The topological polar surface area (TPSA) is 89.8 Å². The molecule has 0 aliphatic carbocycles. The highest BCUT2D eigenvalue weighted by molar-refractivity contribution is 5.96. The number of nitrogens with two attached hydrogens (primary N) is 1. The van der Waals surface area contributed by atoms with Crippen molar-refractivity contribution in [1.82, 2.24) is 4.57 Å². The minimum atomic E-state index is -0.296. The largest absolute Gasteiger partial charge is 0.409 e. The van der Waals surface area contributed by atoms with Crippen molar-refractivity contribution in [3.8, 4) is 0 Å². The van der Waals surface area contributed by atoms with Crippen LogP contribution in [0.5, 0.6) is 0 Å². The molecular formula is C11H17N3O3. The van der Waals surface area contributed by atoms with E-state index in [4.69, 9.17) is 15.7 Å². The molecule has 1 aromatic rings. The van der Waals surface area contributed by atoms with Gasteiger partial charge in [0.05, 0.1) is 18.3 Å². The van der Waals surface area contributed by atoms with Crippen LogP contribution in [0.1, 0.15) is 19.4 Å². The molecule has 3 N–H and O–H groups in total. The average molecular weight is 239 g/mol. The lowest BCUT2D eigenvalue weighted by molar-refractivity contribution is 0.0722. The third-order valence-electron chi connectivity index (χ3n) is 2.19. The fraction of sp³-hybridized carbons (Fsp3) is 0.455.